The topological polar surface area (TPSA) is 129 Å². The first-order valence-electron chi connectivity index (χ1n) is 15.6. The van der Waals surface area contributed by atoms with E-state index in [-0.39, 0.29) is 24.5 Å². The molecule has 0 spiro atoms. The lowest BCUT2D eigenvalue weighted by Gasteiger charge is -2.30. The van der Waals surface area contributed by atoms with Crippen molar-refractivity contribution in [3.63, 3.8) is 0 Å². The molecule has 0 amide bonds. The van der Waals surface area contributed by atoms with Crippen molar-refractivity contribution in [1.29, 1.82) is 0 Å². The molecule has 1 aliphatic rings. The largest absolute Gasteiger partial charge is 0.493 e. The first-order valence-corrected chi connectivity index (χ1v) is 15.6. The fraction of sp³-hybridized carbons (Fsp3) is 0.545. The van der Waals surface area contributed by atoms with Gasteiger partial charge in [0.25, 0.3) is 5.56 Å². The van der Waals surface area contributed by atoms with E-state index in [2.05, 4.69) is 16.9 Å². The summed E-state index contributed by atoms with van der Waals surface area (Å²) in [6.45, 7) is 9.83. The van der Waals surface area contributed by atoms with Crippen molar-refractivity contribution in [2.75, 3.05) is 74.0 Å². The summed E-state index contributed by atoms with van der Waals surface area (Å²) in [7, 11) is 4.46. The Bertz CT molecular complexity index is 1500. The molecule has 0 aliphatic carbocycles. The number of nitrogens with zero attached hydrogens (tertiary/aromatic N) is 3. The van der Waals surface area contributed by atoms with Crippen molar-refractivity contribution in [3.05, 3.63) is 40.3 Å². The number of fused-ring (bicyclic) bond motifs is 1. The van der Waals surface area contributed by atoms with Crippen LogP contribution in [-0.4, -0.2) is 101 Å². The van der Waals surface area contributed by atoms with E-state index < -0.39 is 17.6 Å². The van der Waals surface area contributed by atoms with Crippen LogP contribution in [0, 0.1) is 0 Å². The lowest BCUT2D eigenvalue weighted by molar-refractivity contribution is -0.00908. The van der Waals surface area contributed by atoms with Gasteiger partial charge < -0.3 is 37.9 Å². The minimum absolute atomic E-state index is 0. The van der Waals surface area contributed by atoms with Crippen LogP contribution in [0.1, 0.15) is 44.0 Å². The Labute approximate surface area is 281 Å². The van der Waals surface area contributed by atoms with Gasteiger partial charge in [0, 0.05) is 19.6 Å². The normalized spacial score (nSPS) is 13.7. The van der Waals surface area contributed by atoms with Crippen LogP contribution in [0.3, 0.4) is 0 Å². The maximum Gasteiger partial charge on any atom is 0.338 e. The predicted molar refractivity (Wildman–Crippen MR) is 179 cm³/mol. The van der Waals surface area contributed by atoms with Gasteiger partial charge in [0.2, 0.25) is 11.5 Å². The highest BCUT2D eigenvalue weighted by atomic mass is 35.5. The highest BCUT2D eigenvalue weighted by Gasteiger charge is 2.26. The fourth-order valence-corrected chi connectivity index (χ4v) is 5.23. The molecule has 13 nitrogen and oxygen atoms in total. The molecule has 2 heterocycles. The van der Waals surface area contributed by atoms with Gasteiger partial charge >= 0.3 is 5.97 Å². The summed E-state index contributed by atoms with van der Waals surface area (Å²) in [5.74, 6) is 1.68. The van der Waals surface area contributed by atoms with E-state index in [1.807, 2.05) is 13.8 Å². The Morgan fingerprint density at radius 2 is 1.51 bits per heavy atom. The molecular formula is C33H46ClN3O10. The molecule has 1 atom stereocenters. The van der Waals surface area contributed by atoms with Crippen LogP contribution in [0.5, 0.6) is 34.5 Å². The quantitative estimate of drug-likeness (QED) is 0.148. The zero-order valence-electron chi connectivity index (χ0n) is 28.0. The minimum Gasteiger partial charge on any atom is -0.493 e. The molecule has 1 aromatic heterocycles. The summed E-state index contributed by atoms with van der Waals surface area (Å²) in [6.07, 6.45) is 2.62. The van der Waals surface area contributed by atoms with Gasteiger partial charge in [-0.25, -0.2) is 9.48 Å². The summed E-state index contributed by atoms with van der Waals surface area (Å²) in [5, 5.41) is 5.21. The third kappa shape index (κ3) is 9.11. The Balaban J connectivity index is 0.00000600. The van der Waals surface area contributed by atoms with Crippen LogP contribution in [-0.2, 0) is 16.0 Å². The Kier molecular flexibility index (Phi) is 14.7. The number of ether oxygens (including phenoxy) is 8. The first kappa shape index (κ1) is 37.5. The molecule has 1 fully saturated rings. The van der Waals surface area contributed by atoms with Crippen molar-refractivity contribution < 1.29 is 42.7 Å². The van der Waals surface area contributed by atoms with Gasteiger partial charge in [0.05, 0.1) is 83.4 Å². The van der Waals surface area contributed by atoms with E-state index in [4.69, 9.17) is 37.9 Å². The molecular weight excluding hydrogens is 634 g/mol. The smallest absolute Gasteiger partial charge is 0.338 e. The number of esters is 1. The molecule has 1 saturated heterocycles. The molecule has 1 unspecified atom stereocenters. The van der Waals surface area contributed by atoms with E-state index in [1.165, 1.54) is 32.2 Å². The van der Waals surface area contributed by atoms with Crippen LogP contribution >= 0.6 is 12.4 Å². The number of halogens is 1. The second-order valence-electron chi connectivity index (χ2n) is 10.5. The van der Waals surface area contributed by atoms with E-state index in [0.29, 0.717) is 97.9 Å². The van der Waals surface area contributed by atoms with Gasteiger partial charge in [-0.15, -0.1) is 12.4 Å². The van der Waals surface area contributed by atoms with Gasteiger partial charge in [-0.05, 0) is 38.5 Å². The summed E-state index contributed by atoms with van der Waals surface area (Å²) in [6, 6.07) is 4.80. The molecule has 260 valence electrons. The molecule has 3 aromatic rings. The zero-order chi connectivity index (χ0) is 33.1. The summed E-state index contributed by atoms with van der Waals surface area (Å²) < 4.78 is 47.1. The standard InChI is InChI=1S/C33H45N3O10.ClH/c1-7-10-13-45-30-27(43-8-2)16-22(17-28(30)44-9-3)33(38)46-23(20-35-11-14-42-15-12-35)21-36-32(37)24-18-26(39-4)31(41-6)29(40-5)25(24)19-34-36;/h16-19,23H,7-15,20-21H2,1-6H3;1H. The average Bonchev–Trinajstić information content (AvgIpc) is 3.06. The van der Waals surface area contributed by atoms with Crippen LogP contribution in [0.2, 0.25) is 0 Å². The number of aromatic nitrogens is 2. The number of carbonyl (C=O) groups excluding carboxylic acids is 1. The first-order chi connectivity index (χ1) is 22.4. The van der Waals surface area contributed by atoms with Crippen LogP contribution in [0.15, 0.2) is 29.2 Å². The third-order valence-corrected chi connectivity index (χ3v) is 7.48. The number of hydrogen-bond acceptors (Lipinski definition) is 12. The number of benzene rings is 2. The molecule has 2 aromatic carbocycles. The molecule has 0 saturated carbocycles. The Morgan fingerprint density at radius 1 is 0.851 bits per heavy atom. The Morgan fingerprint density at radius 3 is 2.09 bits per heavy atom. The van der Waals surface area contributed by atoms with Crippen LogP contribution < -0.4 is 34.0 Å². The predicted octanol–water partition coefficient (Wildman–Crippen LogP) is 4.38. The number of rotatable bonds is 17. The summed E-state index contributed by atoms with van der Waals surface area (Å²) in [4.78, 5) is 29.6. The SMILES string of the molecule is CCCCOc1c(OCC)cc(C(=O)OC(CN2CCOCC2)Cn2ncc3c(OC)c(OC)c(OC)cc3c2=O)cc1OCC.Cl. The molecule has 0 N–H and O–H groups in total. The van der Waals surface area contributed by atoms with Crippen molar-refractivity contribution in [1.82, 2.24) is 14.7 Å². The van der Waals surface area contributed by atoms with E-state index in [1.54, 1.807) is 18.2 Å². The zero-order valence-corrected chi connectivity index (χ0v) is 28.8. The second-order valence-corrected chi connectivity index (χ2v) is 10.5. The van der Waals surface area contributed by atoms with Crippen LogP contribution in [0.4, 0.5) is 0 Å². The molecule has 14 heteroatoms. The average molecular weight is 680 g/mol. The fourth-order valence-electron chi connectivity index (χ4n) is 5.23. The van der Waals surface area contributed by atoms with Crippen LogP contribution in [0.25, 0.3) is 10.8 Å². The lowest BCUT2D eigenvalue weighted by Crippen LogP contribution is -2.44. The van der Waals surface area contributed by atoms with Crippen molar-refractivity contribution in [3.8, 4) is 34.5 Å². The summed E-state index contributed by atoms with van der Waals surface area (Å²) >= 11 is 0. The van der Waals surface area contributed by atoms with Crippen molar-refractivity contribution in [2.24, 2.45) is 0 Å². The third-order valence-electron chi connectivity index (χ3n) is 7.48. The maximum absolute atomic E-state index is 13.8. The number of morpholine rings is 1. The second kappa shape index (κ2) is 18.4. The van der Waals surface area contributed by atoms with Gasteiger partial charge in [-0.3, -0.25) is 9.69 Å². The molecule has 1 aliphatic heterocycles. The number of hydrogen-bond donors (Lipinski definition) is 0. The highest BCUT2D eigenvalue weighted by Crippen LogP contribution is 2.42. The molecule has 0 bridgehead atoms. The summed E-state index contributed by atoms with van der Waals surface area (Å²) in [5.41, 5.74) is -0.160. The maximum atomic E-state index is 13.8. The van der Waals surface area contributed by atoms with Gasteiger partial charge in [0.1, 0.15) is 6.10 Å². The van der Waals surface area contributed by atoms with E-state index in [9.17, 15) is 9.59 Å². The minimum atomic E-state index is -0.734. The Hall–Kier alpha value is -3.94. The van der Waals surface area contributed by atoms with E-state index in [0.717, 1.165) is 12.8 Å². The van der Waals surface area contributed by atoms with Gasteiger partial charge in [-0.2, -0.15) is 5.10 Å². The molecule has 47 heavy (non-hydrogen) atoms. The van der Waals surface area contributed by atoms with Crippen molar-refractivity contribution >= 4 is 29.1 Å². The van der Waals surface area contributed by atoms with E-state index >= 15 is 0 Å². The monoisotopic (exact) mass is 679 g/mol. The lowest BCUT2D eigenvalue weighted by atomic mass is 10.1. The molecule has 4 rings (SSSR count). The number of carbonyl (C=O) groups is 1. The van der Waals surface area contributed by atoms with Gasteiger partial charge in [-0.1, -0.05) is 13.3 Å². The number of unbranched alkanes of at least 4 members (excludes halogenated alkanes) is 1. The van der Waals surface area contributed by atoms with Gasteiger partial charge in [0.15, 0.2) is 23.0 Å². The number of methoxy groups -OCH3 is 3. The highest BCUT2D eigenvalue weighted by molar-refractivity contribution is 5.92. The van der Waals surface area contributed by atoms with Crippen molar-refractivity contribution in [2.45, 2.75) is 46.3 Å². The molecule has 0 radical (unpaired) electrons.